The van der Waals surface area contributed by atoms with Gasteiger partial charge in [0.2, 0.25) is 0 Å². The maximum atomic E-state index is 13.4. The molecule has 0 unspecified atom stereocenters. The third kappa shape index (κ3) is 3.62. The minimum atomic E-state index is 0.0482. The van der Waals surface area contributed by atoms with E-state index in [-0.39, 0.29) is 5.91 Å². The molecule has 29 heavy (non-hydrogen) atoms. The number of nitrogens with zero attached hydrogens (tertiary/aromatic N) is 4. The van der Waals surface area contributed by atoms with Crippen LogP contribution in [0.4, 0.5) is 5.69 Å². The molecule has 5 rings (SSSR count). The fourth-order valence-corrected chi connectivity index (χ4v) is 4.17. The molecule has 5 nitrogen and oxygen atoms in total. The standard InChI is InChI=1S/C23H23ClN4O/c24-19-8-4-5-9-21(19)26-12-14-27(15-13-26)23(29)22-16-20(17-10-11-17)25-28(22)18-6-2-1-3-7-18/h1-9,16-17H,10-15H2. The van der Waals surface area contributed by atoms with Gasteiger partial charge in [-0.05, 0) is 43.2 Å². The van der Waals surface area contributed by atoms with Gasteiger partial charge >= 0.3 is 0 Å². The fourth-order valence-electron chi connectivity index (χ4n) is 3.92. The summed E-state index contributed by atoms with van der Waals surface area (Å²) in [5.41, 5.74) is 3.65. The fraction of sp³-hybridized carbons (Fsp3) is 0.304. The molecule has 0 spiro atoms. The van der Waals surface area contributed by atoms with Crippen LogP contribution in [-0.4, -0.2) is 46.8 Å². The van der Waals surface area contributed by atoms with Crippen LogP contribution in [0, 0.1) is 0 Å². The summed E-state index contributed by atoms with van der Waals surface area (Å²) in [6.45, 7) is 2.88. The molecule has 0 radical (unpaired) electrons. The number of carbonyl (C=O) groups excluding carboxylic acids is 1. The van der Waals surface area contributed by atoms with Crippen molar-refractivity contribution in [3.8, 4) is 5.69 Å². The lowest BCUT2D eigenvalue weighted by molar-refractivity contribution is 0.0737. The summed E-state index contributed by atoms with van der Waals surface area (Å²) in [7, 11) is 0. The van der Waals surface area contributed by atoms with Gasteiger partial charge in [-0.25, -0.2) is 4.68 Å². The van der Waals surface area contributed by atoms with Crippen LogP contribution in [0.1, 0.15) is 34.9 Å². The van der Waals surface area contributed by atoms with E-state index < -0.39 is 0 Å². The summed E-state index contributed by atoms with van der Waals surface area (Å²) in [5, 5.41) is 5.53. The Morgan fingerprint density at radius 1 is 0.931 bits per heavy atom. The molecule has 1 saturated heterocycles. The van der Waals surface area contributed by atoms with Crippen LogP contribution >= 0.6 is 11.6 Å². The van der Waals surface area contributed by atoms with Gasteiger partial charge in [0.15, 0.2) is 0 Å². The number of carbonyl (C=O) groups is 1. The molecule has 1 aliphatic heterocycles. The van der Waals surface area contributed by atoms with E-state index in [1.165, 1.54) is 0 Å². The summed E-state index contributed by atoms with van der Waals surface area (Å²) in [4.78, 5) is 17.6. The Morgan fingerprint density at radius 2 is 1.62 bits per heavy atom. The van der Waals surface area contributed by atoms with Crippen molar-refractivity contribution in [1.82, 2.24) is 14.7 Å². The molecule has 148 valence electrons. The quantitative estimate of drug-likeness (QED) is 0.646. The highest BCUT2D eigenvalue weighted by Gasteiger charge is 2.31. The average molecular weight is 407 g/mol. The first-order valence-electron chi connectivity index (χ1n) is 10.1. The molecule has 1 aromatic heterocycles. The minimum absolute atomic E-state index is 0.0482. The van der Waals surface area contributed by atoms with Crippen LogP contribution in [-0.2, 0) is 0 Å². The van der Waals surface area contributed by atoms with Gasteiger partial charge < -0.3 is 9.80 Å². The van der Waals surface area contributed by atoms with Crippen molar-refractivity contribution in [3.63, 3.8) is 0 Å². The van der Waals surface area contributed by atoms with Crippen LogP contribution in [0.2, 0.25) is 5.02 Å². The molecule has 3 aromatic rings. The van der Waals surface area contributed by atoms with Crippen molar-refractivity contribution in [2.45, 2.75) is 18.8 Å². The number of benzene rings is 2. The summed E-state index contributed by atoms with van der Waals surface area (Å²) >= 11 is 6.35. The van der Waals surface area contributed by atoms with E-state index in [9.17, 15) is 4.79 Å². The van der Waals surface area contributed by atoms with Crippen LogP contribution < -0.4 is 4.90 Å². The number of hydrogen-bond donors (Lipinski definition) is 0. The van der Waals surface area contributed by atoms with Gasteiger partial charge in [0, 0.05) is 32.1 Å². The first kappa shape index (κ1) is 18.3. The Balaban J connectivity index is 1.37. The molecular formula is C23H23ClN4O. The number of piperazine rings is 1. The SMILES string of the molecule is O=C(c1cc(C2CC2)nn1-c1ccccc1)N1CCN(c2ccccc2Cl)CC1. The molecule has 2 fully saturated rings. The van der Waals surface area contributed by atoms with E-state index >= 15 is 0 Å². The molecule has 2 aromatic carbocycles. The lowest BCUT2D eigenvalue weighted by atomic mass is 10.2. The molecule has 2 heterocycles. The van der Waals surface area contributed by atoms with Crippen LogP contribution in [0.5, 0.6) is 0 Å². The predicted molar refractivity (Wildman–Crippen MR) is 115 cm³/mol. The summed E-state index contributed by atoms with van der Waals surface area (Å²) in [6.07, 6.45) is 2.33. The molecule has 1 saturated carbocycles. The zero-order valence-corrected chi connectivity index (χ0v) is 16.9. The van der Waals surface area contributed by atoms with Gasteiger partial charge in [-0.3, -0.25) is 4.79 Å². The maximum absolute atomic E-state index is 13.4. The van der Waals surface area contributed by atoms with Crippen LogP contribution in [0.3, 0.4) is 0 Å². The van der Waals surface area contributed by atoms with Crippen molar-refractivity contribution >= 4 is 23.2 Å². The van der Waals surface area contributed by atoms with E-state index in [1.807, 2.05) is 70.2 Å². The van der Waals surface area contributed by atoms with E-state index in [4.69, 9.17) is 16.7 Å². The molecule has 1 aliphatic carbocycles. The lowest BCUT2D eigenvalue weighted by Crippen LogP contribution is -2.49. The van der Waals surface area contributed by atoms with Crippen molar-refractivity contribution in [3.05, 3.63) is 77.1 Å². The smallest absolute Gasteiger partial charge is 0.272 e. The number of halogens is 1. The van der Waals surface area contributed by atoms with E-state index in [2.05, 4.69) is 4.90 Å². The Bertz CT molecular complexity index is 1020. The summed E-state index contributed by atoms with van der Waals surface area (Å²) in [6, 6.07) is 19.8. The Kier molecular flexibility index (Phi) is 4.76. The van der Waals surface area contributed by atoms with Gasteiger partial charge in [0.1, 0.15) is 5.69 Å². The largest absolute Gasteiger partial charge is 0.367 e. The van der Waals surface area contributed by atoms with Gasteiger partial charge in [0.05, 0.1) is 22.1 Å². The molecule has 1 amide bonds. The second-order valence-electron chi connectivity index (χ2n) is 7.71. The van der Waals surface area contributed by atoms with Crippen molar-refractivity contribution in [2.75, 3.05) is 31.1 Å². The van der Waals surface area contributed by atoms with Crippen LogP contribution in [0.15, 0.2) is 60.7 Å². The maximum Gasteiger partial charge on any atom is 0.272 e. The second kappa shape index (κ2) is 7.56. The Hall–Kier alpha value is -2.79. The number of aromatic nitrogens is 2. The van der Waals surface area contributed by atoms with Crippen molar-refractivity contribution < 1.29 is 4.79 Å². The van der Waals surface area contributed by atoms with Gasteiger partial charge in [-0.15, -0.1) is 0 Å². The molecule has 6 heteroatoms. The van der Waals surface area contributed by atoms with E-state index in [0.717, 1.165) is 48.0 Å². The van der Waals surface area contributed by atoms with Crippen LogP contribution in [0.25, 0.3) is 5.69 Å². The zero-order valence-electron chi connectivity index (χ0n) is 16.2. The Morgan fingerprint density at radius 3 is 2.31 bits per heavy atom. The topological polar surface area (TPSA) is 41.4 Å². The Labute approximate surface area is 175 Å². The molecule has 0 N–H and O–H groups in total. The molecule has 0 atom stereocenters. The number of hydrogen-bond acceptors (Lipinski definition) is 3. The van der Waals surface area contributed by atoms with Crippen molar-refractivity contribution in [1.29, 1.82) is 0 Å². The minimum Gasteiger partial charge on any atom is -0.367 e. The highest BCUT2D eigenvalue weighted by atomic mass is 35.5. The third-order valence-electron chi connectivity index (χ3n) is 5.70. The van der Waals surface area contributed by atoms with E-state index in [1.54, 1.807) is 0 Å². The molecule has 2 aliphatic rings. The van der Waals surface area contributed by atoms with Gasteiger partial charge in [-0.2, -0.15) is 5.10 Å². The number of amides is 1. The molecular weight excluding hydrogens is 384 g/mol. The lowest BCUT2D eigenvalue weighted by Gasteiger charge is -2.36. The third-order valence-corrected chi connectivity index (χ3v) is 6.02. The molecule has 0 bridgehead atoms. The monoisotopic (exact) mass is 406 g/mol. The summed E-state index contributed by atoms with van der Waals surface area (Å²) in [5.74, 6) is 0.552. The van der Waals surface area contributed by atoms with Gasteiger partial charge in [-0.1, -0.05) is 41.9 Å². The predicted octanol–water partition coefficient (Wildman–Crippen LogP) is 4.37. The number of rotatable bonds is 4. The van der Waals surface area contributed by atoms with Gasteiger partial charge in [0.25, 0.3) is 5.91 Å². The zero-order chi connectivity index (χ0) is 19.8. The number of para-hydroxylation sites is 2. The number of anilines is 1. The summed E-state index contributed by atoms with van der Waals surface area (Å²) < 4.78 is 1.82. The highest BCUT2D eigenvalue weighted by Crippen LogP contribution is 2.40. The highest BCUT2D eigenvalue weighted by molar-refractivity contribution is 6.33. The average Bonchev–Trinajstić information content (AvgIpc) is 3.53. The first-order valence-corrected chi connectivity index (χ1v) is 10.5. The normalized spacial score (nSPS) is 16.9. The first-order chi connectivity index (χ1) is 14.2. The van der Waals surface area contributed by atoms with Crippen molar-refractivity contribution in [2.24, 2.45) is 0 Å². The van der Waals surface area contributed by atoms with E-state index in [0.29, 0.717) is 24.7 Å². The second-order valence-corrected chi connectivity index (χ2v) is 8.11.